The number of hydrogen-bond donors (Lipinski definition) is 6. The Bertz CT molecular complexity index is 261. The zero-order valence-corrected chi connectivity index (χ0v) is 17.1. The predicted octanol–water partition coefficient (Wildman–Crippen LogP) is 1.83. The first kappa shape index (κ1) is 34.7. The van der Waals surface area contributed by atoms with Crippen LogP contribution in [0.1, 0.15) is 39.0 Å². The van der Waals surface area contributed by atoms with Gasteiger partial charge in [-0.2, -0.15) is 6.92 Å². The van der Waals surface area contributed by atoms with Crippen molar-refractivity contribution in [2.75, 3.05) is 32.8 Å². The molecule has 1 fully saturated rings. The third-order valence-corrected chi connectivity index (χ3v) is 2.51. The van der Waals surface area contributed by atoms with Crippen molar-refractivity contribution in [1.29, 1.82) is 0 Å². The van der Waals surface area contributed by atoms with Crippen LogP contribution >= 0.6 is 0 Å². The molecule has 0 bridgehead atoms. The Morgan fingerprint density at radius 3 is 1.17 bits per heavy atom. The SMILES string of the molecule is CO.CO.CO.Nc1ccc(N)cc1.OC1CCCCC1.[CH2-]C.[Ti]. The molecule has 0 heterocycles. The van der Waals surface area contributed by atoms with E-state index in [1.165, 1.54) is 19.3 Å². The van der Waals surface area contributed by atoms with Crippen molar-refractivity contribution in [1.82, 2.24) is 0 Å². The van der Waals surface area contributed by atoms with Crippen molar-refractivity contribution in [2.24, 2.45) is 0 Å². The number of nitrogen functional groups attached to an aromatic ring is 2. The smallest absolute Gasteiger partial charge is 0.0540 e. The summed E-state index contributed by atoms with van der Waals surface area (Å²) in [5.41, 5.74) is 12.2. The Morgan fingerprint density at radius 2 is 1.00 bits per heavy atom. The van der Waals surface area contributed by atoms with Gasteiger partial charge in [0.1, 0.15) is 0 Å². The third kappa shape index (κ3) is 29.4. The van der Waals surface area contributed by atoms with Crippen LogP contribution in [0, 0.1) is 6.92 Å². The van der Waals surface area contributed by atoms with E-state index in [0.717, 1.165) is 45.5 Å². The van der Waals surface area contributed by atoms with Gasteiger partial charge in [-0.05, 0) is 37.1 Å². The van der Waals surface area contributed by atoms with E-state index in [1.54, 1.807) is 31.2 Å². The van der Waals surface area contributed by atoms with Crippen LogP contribution in [0.5, 0.6) is 0 Å². The number of aliphatic hydroxyl groups excluding tert-OH is 4. The second-order valence-electron chi connectivity index (χ2n) is 3.96. The summed E-state index contributed by atoms with van der Waals surface area (Å²) in [6.45, 7) is 5.00. The topological polar surface area (TPSA) is 133 Å². The summed E-state index contributed by atoms with van der Waals surface area (Å²) >= 11 is 0. The van der Waals surface area contributed by atoms with Crippen molar-refractivity contribution in [3.05, 3.63) is 31.2 Å². The summed E-state index contributed by atoms with van der Waals surface area (Å²) in [7, 11) is 3.00. The zero-order valence-electron chi connectivity index (χ0n) is 15.6. The van der Waals surface area contributed by atoms with Crippen LogP contribution in [-0.4, -0.2) is 47.9 Å². The summed E-state index contributed by atoms with van der Waals surface area (Å²) in [4.78, 5) is 0. The number of aliphatic hydroxyl groups is 4. The Balaban J connectivity index is -0.0000000693. The predicted molar refractivity (Wildman–Crippen MR) is 99.8 cm³/mol. The van der Waals surface area contributed by atoms with Crippen LogP contribution in [0.4, 0.5) is 11.4 Å². The van der Waals surface area contributed by atoms with Gasteiger partial charge in [-0.3, -0.25) is 0 Å². The molecule has 144 valence electrons. The first-order chi connectivity index (χ1) is 11.2. The van der Waals surface area contributed by atoms with Gasteiger partial charge in [-0.15, -0.1) is 0 Å². The van der Waals surface area contributed by atoms with Crippen LogP contribution < -0.4 is 11.5 Å². The number of hydrogen-bond acceptors (Lipinski definition) is 6. The molecule has 1 saturated carbocycles. The molecule has 0 radical (unpaired) electrons. The van der Waals surface area contributed by atoms with Crippen molar-refractivity contribution < 1.29 is 42.1 Å². The van der Waals surface area contributed by atoms with Crippen LogP contribution in [0.25, 0.3) is 0 Å². The first-order valence-electron chi connectivity index (χ1n) is 7.52. The summed E-state index contributed by atoms with van der Waals surface area (Å²) < 4.78 is 0. The first-order valence-corrected chi connectivity index (χ1v) is 7.52. The Morgan fingerprint density at radius 1 is 0.750 bits per heavy atom. The molecule has 1 aromatic carbocycles. The van der Waals surface area contributed by atoms with E-state index in [4.69, 9.17) is 31.9 Å². The Hall–Kier alpha value is -0.626. The largest absolute Gasteiger partial charge is 0.400 e. The van der Waals surface area contributed by atoms with Crippen LogP contribution in [0.3, 0.4) is 0 Å². The van der Waals surface area contributed by atoms with Gasteiger partial charge in [0.15, 0.2) is 0 Å². The molecule has 0 spiro atoms. The van der Waals surface area contributed by atoms with E-state index in [0.29, 0.717) is 0 Å². The Kier molecular flexibility index (Phi) is 48.9. The van der Waals surface area contributed by atoms with E-state index in [1.807, 2.05) is 0 Å². The van der Waals surface area contributed by atoms with E-state index in [2.05, 4.69) is 6.92 Å². The molecule has 1 aliphatic carbocycles. The average Bonchev–Trinajstić information content (AvgIpc) is 2.65. The van der Waals surface area contributed by atoms with Gasteiger partial charge in [0.25, 0.3) is 0 Å². The second-order valence-corrected chi connectivity index (χ2v) is 3.96. The standard InChI is InChI=1S/C6H8N2.C6H12O.C2H5.3CH4O.Ti/c7-5-1-2-6(8)4-3-5;7-6-4-2-1-3-5-6;4*1-2;/h1-4H,7-8H2;6-7H,1-5H2;1H2,2H3;3*2H,1H3;/q;;-1;;;;. The normalized spacial score (nSPS) is 11.4. The monoisotopic (exact) mass is 381 g/mol. The molecule has 0 aromatic heterocycles. The van der Waals surface area contributed by atoms with Crippen LogP contribution in [0.15, 0.2) is 24.3 Å². The summed E-state index contributed by atoms with van der Waals surface area (Å²) in [6, 6.07) is 7.09. The Labute approximate surface area is 162 Å². The van der Waals surface area contributed by atoms with E-state index >= 15 is 0 Å². The fourth-order valence-corrected chi connectivity index (χ4v) is 1.58. The molecule has 1 aliphatic rings. The molecule has 2 rings (SSSR count). The van der Waals surface area contributed by atoms with E-state index in [-0.39, 0.29) is 27.8 Å². The molecule has 8 N–H and O–H groups in total. The minimum Gasteiger partial charge on any atom is -0.400 e. The molecular formula is C17H37N2O4Ti-. The number of rotatable bonds is 0. The fraction of sp³-hybridized carbons (Fsp3) is 0.588. The molecule has 0 saturated heterocycles. The van der Waals surface area contributed by atoms with Gasteiger partial charge < -0.3 is 38.8 Å². The molecule has 0 amide bonds. The maximum Gasteiger partial charge on any atom is 0.0540 e. The van der Waals surface area contributed by atoms with Crippen molar-refractivity contribution in [3.8, 4) is 0 Å². The minimum atomic E-state index is 0. The number of nitrogens with two attached hydrogens (primary N) is 2. The summed E-state index contributed by atoms with van der Waals surface area (Å²) in [6.07, 6.45) is 5.92. The van der Waals surface area contributed by atoms with E-state index < -0.39 is 0 Å². The van der Waals surface area contributed by atoms with Gasteiger partial charge in [0, 0.05) is 54.4 Å². The zero-order chi connectivity index (χ0) is 19.1. The van der Waals surface area contributed by atoms with Crippen LogP contribution in [-0.2, 0) is 21.7 Å². The van der Waals surface area contributed by atoms with Gasteiger partial charge >= 0.3 is 0 Å². The molecule has 24 heavy (non-hydrogen) atoms. The molecule has 6 nitrogen and oxygen atoms in total. The minimum absolute atomic E-state index is 0. The average molecular weight is 381 g/mol. The number of benzene rings is 1. The van der Waals surface area contributed by atoms with Gasteiger partial charge in [-0.1, -0.05) is 19.3 Å². The fourth-order valence-electron chi connectivity index (χ4n) is 1.58. The van der Waals surface area contributed by atoms with Gasteiger partial charge in [0.05, 0.1) is 6.10 Å². The maximum atomic E-state index is 8.91. The maximum absolute atomic E-state index is 8.91. The molecule has 7 heteroatoms. The molecule has 1 aromatic rings. The van der Waals surface area contributed by atoms with E-state index in [9.17, 15) is 0 Å². The third-order valence-electron chi connectivity index (χ3n) is 2.51. The van der Waals surface area contributed by atoms with Crippen molar-refractivity contribution in [3.63, 3.8) is 0 Å². The van der Waals surface area contributed by atoms with Gasteiger partial charge in [-0.25, -0.2) is 0 Å². The molecule has 0 aliphatic heterocycles. The summed E-state index contributed by atoms with van der Waals surface area (Å²) in [5, 5.41) is 29.9. The summed E-state index contributed by atoms with van der Waals surface area (Å²) in [5.74, 6) is 0. The van der Waals surface area contributed by atoms with Crippen LogP contribution in [0.2, 0.25) is 0 Å². The quantitative estimate of drug-likeness (QED) is 0.231. The second kappa shape index (κ2) is 33.9. The molecule has 0 atom stereocenters. The van der Waals surface area contributed by atoms with Gasteiger partial charge in [0.2, 0.25) is 0 Å². The number of anilines is 2. The van der Waals surface area contributed by atoms with Crippen molar-refractivity contribution in [2.45, 2.75) is 45.1 Å². The molecule has 0 unspecified atom stereocenters. The van der Waals surface area contributed by atoms with Crippen molar-refractivity contribution >= 4 is 11.4 Å². The molecular weight excluding hydrogens is 344 g/mol.